The van der Waals surface area contributed by atoms with Gasteiger partial charge in [0.25, 0.3) is 0 Å². The molecule has 0 aromatic heterocycles. The topological polar surface area (TPSA) is 41.9 Å². The Morgan fingerprint density at radius 3 is 2.67 bits per heavy atom. The lowest BCUT2D eigenvalue weighted by molar-refractivity contribution is 0.158. The third-order valence-corrected chi connectivity index (χ3v) is 2.65. The van der Waals surface area contributed by atoms with Gasteiger partial charge in [0.15, 0.2) is 0 Å². The van der Waals surface area contributed by atoms with Gasteiger partial charge >= 0.3 is 0 Å². The van der Waals surface area contributed by atoms with Crippen LogP contribution < -0.4 is 4.74 Å². The van der Waals surface area contributed by atoms with E-state index in [-0.39, 0.29) is 5.75 Å². The lowest BCUT2D eigenvalue weighted by Crippen LogP contribution is -2.22. The van der Waals surface area contributed by atoms with E-state index >= 15 is 0 Å². The van der Waals surface area contributed by atoms with Crippen LogP contribution in [0.2, 0.25) is 0 Å². The van der Waals surface area contributed by atoms with Crippen LogP contribution in [-0.4, -0.2) is 43.9 Å². The van der Waals surface area contributed by atoms with Gasteiger partial charge in [0.1, 0.15) is 11.5 Å². The Hall–Kier alpha value is -1.26. The summed E-state index contributed by atoms with van der Waals surface area (Å²) in [6.45, 7) is 4.95. The van der Waals surface area contributed by atoms with Crippen molar-refractivity contribution in [3.63, 3.8) is 0 Å². The molecule has 1 N–H and O–H groups in total. The third-order valence-electron chi connectivity index (χ3n) is 2.65. The van der Waals surface area contributed by atoms with Crippen molar-refractivity contribution in [2.45, 2.75) is 19.9 Å². The Morgan fingerprint density at radius 2 is 2.06 bits per heavy atom. The first-order chi connectivity index (χ1) is 8.67. The number of nitrogens with zero attached hydrogens (tertiary/aromatic N) is 1. The molecule has 0 spiro atoms. The number of phenolic OH excluding ortho intramolecular Hbond substituents is 1. The summed E-state index contributed by atoms with van der Waals surface area (Å²) >= 11 is 0. The third kappa shape index (κ3) is 4.94. The molecule has 4 nitrogen and oxygen atoms in total. The molecule has 0 atom stereocenters. The minimum Gasteiger partial charge on any atom is -0.507 e. The number of hydrogen-bond acceptors (Lipinski definition) is 4. The fraction of sp³-hybridized carbons (Fsp3) is 0.571. The van der Waals surface area contributed by atoms with E-state index in [0.717, 1.165) is 24.3 Å². The second-order valence-corrected chi connectivity index (χ2v) is 4.37. The van der Waals surface area contributed by atoms with E-state index in [0.29, 0.717) is 19.8 Å². The maximum Gasteiger partial charge on any atom is 0.123 e. The quantitative estimate of drug-likeness (QED) is 0.771. The highest BCUT2D eigenvalue weighted by molar-refractivity contribution is 5.39. The predicted molar refractivity (Wildman–Crippen MR) is 72.1 cm³/mol. The first-order valence-corrected chi connectivity index (χ1v) is 6.29. The van der Waals surface area contributed by atoms with E-state index in [1.807, 2.05) is 19.2 Å². The zero-order valence-corrected chi connectivity index (χ0v) is 11.5. The van der Waals surface area contributed by atoms with Gasteiger partial charge in [-0.1, -0.05) is 13.0 Å². The Morgan fingerprint density at radius 1 is 1.28 bits per heavy atom. The summed E-state index contributed by atoms with van der Waals surface area (Å²) in [5, 5.41) is 9.93. The van der Waals surface area contributed by atoms with Gasteiger partial charge in [0, 0.05) is 31.8 Å². The summed E-state index contributed by atoms with van der Waals surface area (Å²) in [6, 6.07) is 5.48. The zero-order valence-electron chi connectivity index (χ0n) is 11.5. The molecule has 0 radical (unpaired) electrons. The lowest BCUT2D eigenvalue weighted by atomic mass is 10.2. The number of benzene rings is 1. The lowest BCUT2D eigenvalue weighted by Gasteiger charge is -2.17. The Bertz CT molecular complexity index is 355. The van der Waals surface area contributed by atoms with E-state index in [2.05, 4.69) is 11.8 Å². The SMILES string of the molecule is CCCOc1ccc(CN(C)CCOC)c(O)c1. The van der Waals surface area contributed by atoms with Crippen LogP contribution in [0.25, 0.3) is 0 Å². The Kier molecular flexibility index (Phi) is 6.54. The van der Waals surface area contributed by atoms with Crippen LogP contribution in [0.15, 0.2) is 18.2 Å². The molecule has 0 aliphatic heterocycles. The molecule has 0 heterocycles. The molecule has 0 amide bonds. The number of likely N-dealkylation sites (N-methyl/N-ethyl adjacent to an activating group) is 1. The normalized spacial score (nSPS) is 10.9. The minimum atomic E-state index is 0.285. The van der Waals surface area contributed by atoms with Crippen molar-refractivity contribution in [3.8, 4) is 11.5 Å². The summed E-state index contributed by atoms with van der Waals surface area (Å²) in [6.07, 6.45) is 0.961. The first-order valence-electron chi connectivity index (χ1n) is 6.29. The average molecular weight is 253 g/mol. The van der Waals surface area contributed by atoms with Gasteiger partial charge in [-0.15, -0.1) is 0 Å². The molecular formula is C14H23NO3. The number of phenols is 1. The van der Waals surface area contributed by atoms with Crippen molar-refractivity contribution in [3.05, 3.63) is 23.8 Å². The summed E-state index contributed by atoms with van der Waals surface area (Å²) in [7, 11) is 3.69. The fourth-order valence-corrected chi connectivity index (χ4v) is 1.60. The molecular weight excluding hydrogens is 230 g/mol. The molecule has 102 valence electrons. The van der Waals surface area contributed by atoms with Crippen molar-refractivity contribution in [1.82, 2.24) is 4.90 Å². The van der Waals surface area contributed by atoms with Crippen LogP contribution in [0.3, 0.4) is 0 Å². The average Bonchev–Trinajstić information content (AvgIpc) is 2.36. The second kappa shape index (κ2) is 7.95. The molecule has 0 saturated carbocycles. The monoisotopic (exact) mass is 253 g/mol. The standard InChI is InChI=1S/C14H23NO3/c1-4-8-18-13-6-5-12(14(16)10-13)11-15(2)7-9-17-3/h5-6,10,16H,4,7-9,11H2,1-3H3. The Labute approximate surface area is 109 Å². The predicted octanol–water partition coefficient (Wildman–Crippen LogP) is 2.26. The van der Waals surface area contributed by atoms with Gasteiger partial charge < -0.3 is 14.6 Å². The minimum absolute atomic E-state index is 0.285. The molecule has 1 rings (SSSR count). The summed E-state index contributed by atoms with van der Waals surface area (Å²) in [5.41, 5.74) is 0.900. The van der Waals surface area contributed by atoms with E-state index in [1.54, 1.807) is 13.2 Å². The van der Waals surface area contributed by atoms with Gasteiger partial charge in [0.2, 0.25) is 0 Å². The van der Waals surface area contributed by atoms with Crippen molar-refractivity contribution in [2.24, 2.45) is 0 Å². The smallest absolute Gasteiger partial charge is 0.123 e. The van der Waals surface area contributed by atoms with Gasteiger partial charge in [-0.05, 0) is 19.5 Å². The van der Waals surface area contributed by atoms with Crippen LogP contribution >= 0.6 is 0 Å². The number of ether oxygens (including phenoxy) is 2. The van der Waals surface area contributed by atoms with Crippen molar-refractivity contribution in [2.75, 3.05) is 33.9 Å². The second-order valence-electron chi connectivity index (χ2n) is 4.37. The zero-order chi connectivity index (χ0) is 13.4. The van der Waals surface area contributed by atoms with Gasteiger partial charge in [-0.3, -0.25) is 4.90 Å². The molecule has 0 saturated heterocycles. The molecule has 0 aliphatic carbocycles. The molecule has 0 aliphatic rings. The van der Waals surface area contributed by atoms with E-state index in [1.165, 1.54) is 0 Å². The molecule has 4 heteroatoms. The van der Waals surface area contributed by atoms with Gasteiger partial charge in [0.05, 0.1) is 13.2 Å². The van der Waals surface area contributed by atoms with Gasteiger partial charge in [-0.25, -0.2) is 0 Å². The Balaban J connectivity index is 2.56. The van der Waals surface area contributed by atoms with E-state index in [4.69, 9.17) is 9.47 Å². The van der Waals surface area contributed by atoms with Crippen LogP contribution in [-0.2, 0) is 11.3 Å². The molecule has 1 aromatic rings. The highest BCUT2D eigenvalue weighted by Crippen LogP contribution is 2.24. The van der Waals surface area contributed by atoms with Gasteiger partial charge in [-0.2, -0.15) is 0 Å². The number of rotatable bonds is 8. The molecule has 0 unspecified atom stereocenters. The van der Waals surface area contributed by atoms with Crippen molar-refractivity contribution < 1.29 is 14.6 Å². The first kappa shape index (κ1) is 14.8. The van der Waals surface area contributed by atoms with Crippen LogP contribution in [0.4, 0.5) is 0 Å². The number of hydrogen-bond donors (Lipinski definition) is 1. The largest absolute Gasteiger partial charge is 0.507 e. The van der Waals surface area contributed by atoms with E-state index < -0.39 is 0 Å². The summed E-state index contributed by atoms with van der Waals surface area (Å²) < 4.78 is 10.5. The molecule has 1 aromatic carbocycles. The molecule has 0 fully saturated rings. The highest BCUT2D eigenvalue weighted by atomic mass is 16.5. The number of aromatic hydroxyl groups is 1. The highest BCUT2D eigenvalue weighted by Gasteiger charge is 2.06. The summed E-state index contributed by atoms with van der Waals surface area (Å²) in [5.74, 6) is 1.01. The van der Waals surface area contributed by atoms with Crippen molar-refractivity contribution in [1.29, 1.82) is 0 Å². The molecule has 0 bridgehead atoms. The number of methoxy groups -OCH3 is 1. The maximum absolute atomic E-state index is 9.93. The van der Waals surface area contributed by atoms with Crippen LogP contribution in [0, 0.1) is 0 Å². The summed E-state index contributed by atoms with van der Waals surface area (Å²) in [4.78, 5) is 2.10. The van der Waals surface area contributed by atoms with Crippen LogP contribution in [0.5, 0.6) is 11.5 Å². The van der Waals surface area contributed by atoms with E-state index in [9.17, 15) is 5.11 Å². The van der Waals surface area contributed by atoms with Crippen LogP contribution in [0.1, 0.15) is 18.9 Å². The molecule has 18 heavy (non-hydrogen) atoms. The fourth-order valence-electron chi connectivity index (χ4n) is 1.60. The van der Waals surface area contributed by atoms with Crippen molar-refractivity contribution >= 4 is 0 Å². The maximum atomic E-state index is 9.93.